The van der Waals surface area contributed by atoms with Gasteiger partial charge in [0.05, 0.1) is 24.4 Å². The molecule has 0 saturated heterocycles. The highest BCUT2D eigenvalue weighted by atomic mass is 16.5. The maximum Gasteiger partial charge on any atom is 0.257 e. The number of aliphatic hydroxyl groups excluding tert-OH is 1. The Balaban J connectivity index is 1.57. The second-order valence-electron chi connectivity index (χ2n) is 6.70. The van der Waals surface area contributed by atoms with Gasteiger partial charge in [0.15, 0.2) is 0 Å². The van der Waals surface area contributed by atoms with Crippen LogP contribution >= 0.6 is 0 Å². The van der Waals surface area contributed by atoms with Gasteiger partial charge in [-0.1, -0.05) is 35.5 Å². The molecule has 1 amide bonds. The number of aliphatic hydroxyl groups is 1. The van der Waals surface area contributed by atoms with Crippen molar-refractivity contribution in [2.24, 2.45) is 0 Å². The number of benzene rings is 1. The van der Waals surface area contributed by atoms with Gasteiger partial charge in [0.2, 0.25) is 0 Å². The Morgan fingerprint density at radius 3 is 2.73 bits per heavy atom. The second-order valence-corrected chi connectivity index (χ2v) is 6.70. The van der Waals surface area contributed by atoms with Crippen molar-refractivity contribution in [2.45, 2.75) is 38.5 Å². The molecule has 26 heavy (non-hydrogen) atoms. The molecule has 7 nitrogen and oxygen atoms in total. The topological polar surface area (TPSA) is 93.2 Å². The smallest absolute Gasteiger partial charge is 0.257 e. The summed E-state index contributed by atoms with van der Waals surface area (Å²) in [7, 11) is 0. The molecule has 1 aliphatic carbocycles. The highest BCUT2D eigenvalue weighted by Gasteiger charge is 2.43. The van der Waals surface area contributed by atoms with Gasteiger partial charge in [-0.15, -0.1) is 0 Å². The summed E-state index contributed by atoms with van der Waals surface area (Å²) in [6.45, 7) is 3.66. The van der Waals surface area contributed by atoms with Gasteiger partial charge in [0.1, 0.15) is 17.0 Å². The fraction of sp³-hybridized carbons (Fsp3) is 0.316. The number of rotatable bonds is 4. The van der Waals surface area contributed by atoms with Crippen molar-refractivity contribution in [1.82, 2.24) is 20.3 Å². The molecule has 7 heteroatoms. The third-order valence-corrected chi connectivity index (χ3v) is 4.79. The lowest BCUT2D eigenvalue weighted by Crippen LogP contribution is -2.56. The van der Waals surface area contributed by atoms with Gasteiger partial charge < -0.3 is 14.9 Å². The van der Waals surface area contributed by atoms with Crippen molar-refractivity contribution in [3.05, 3.63) is 59.6 Å². The lowest BCUT2D eigenvalue weighted by atomic mass is 9.82. The van der Waals surface area contributed by atoms with E-state index in [0.29, 0.717) is 23.4 Å². The molecule has 0 radical (unpaired) electrons. The predicted octanol–water partition coefficient (Wildman–Crippen LogP) is 2.26. The SMILES string of the molecule is Cc1cnn([C@H]2[C@H](O)C[C@@H]2NC(=O)c2c(-c3ccccc3)noc2C)c1. The Labute approximate surface area is 150 Å². The molecule has 0 aliphatic heterocycles. The van der Waals surface area contributed by atoms with Crippen molar-refractivity contribution in [2.75, 3.05) is 0 Å². The molecule has 1 fully saturated rings. The number of carbonyl (C=O) groups excluding carboxylic acids is 1. The summed E-state index contributed by atoms with van der Waals surface area (Å²) in [4.78, 5) is 12.9. The van der Waals surface area contributed by atoms with Crippen molar-refractivity contribution in [3.8, 4) is 11.3 Å². The minimum atomic E-state index is -0.531. The average molecular weight is 352 g/mol. The first-order chi connectivity index (χ1) is 12.5. The van der Waals surface area contributed by atoms with Gasteiger partial charge in [-0.05, 0) is 25.8 Å². The Morgan fingerprint density at radius 1 is 1.31 bits per heavy atom. The molecule has 0 bridgehead atoms. The van der Waals surface area contributed by atoms with E-state index in [9.17, 15) is 9.90 Å². The van der Waals surface area contributed by atoms with Crippen LogP contribution in [0.4, 0.5) is 0 Å². The van der Waals surface area contributed by atoms with Crippen molar-refractivity contribution in [3.63, 3.8) is 0 Å². The molecule has 3 aromatic rings. The minimum absolute atomic E-state index is 0.199. The molecule has 2 heterocycles. The van der Waals surface area contributed by atoms with E-state index in [0.717, 1.165) is 11.1 Å². The lowest BCUT2D eigenvalue weighted by Gasteiger charge is -2.41. The van der Waals surface area contributed by atoms with Gasteiger partial charge in [0, 0.05) is 11.8 Å². The second kappa shape index (κ2) is 6.42. The Bertz CT molecular complexity index is 931. The molecule has 134 valence electrons. The molecule has 1 saturated carbocycles. The summed E-state index contributed by atoms with van der Waals surface area (Å²) < 4.78 is 6.98. The number of hydrogen-bond acceptors (Lipinski definition) is 5. The molecule has 2 N–H and O–H groups in total. The summed E-state index contributed by atoms with van der Waals surface area (Å²) in [5, 5.41) is 21.4. The highest BCUT2D eigenvalue weighted by Crippen LogP contribution is 2.33. The minimum Gasteiger partial charge on any atom is -0.391 e. The Morgan fingerprint density at radius 2 is 2.08 bits per heavy atom. The fourth-order valence-electron chi connectivity index (χ4n) is 3.39. The van der Waals surface area contributed by atoms with E-state index in [-0.39, 0.29) is 18.0 Å². The van der Waals surface area contributed by atoms with Crippen LogP contribution in [0.15, 0.2) is 47.2 Å². The molecule has 3 atom stereocenters. The number of hydrogen-bond donors (Lipinski definition) is 2. The standard InChI is InChI=1S/C19H20N4O3/c1-11-9-20-23(10-11)18-14(8-15(18)24)21-19(25)16-12(2)26-22-17(16)13-6-4-3-5-7-13/h3-7,9-10,14-15,18,24H,8H2,1-2H3,(H,21,25)/t14-,15+,18+/m0/s1. The number of aryl methyl sites for hydroxylation is 2. The van der Waals surface area contributed by atoms with Gasteiger partial charge >= 0.3 is 0 Å². The Kier molecular flexibility index (Phi) is 4.08. The third kappa shape index (κ3) is 2.80. The lowest BCUT2D eigenvalue weighted by molar-refractivity contribution is -0.00590. The molecular weight excluding hydrogens is 332 g/mol. The molecule has 2 aromatic heterocycles. The third-order valence-electron chi connectivity index (χ3n) is 4.79. The van der Waals surface area contributed by atoms with Crippen LogP contribution in [0.25, 0.3) is 11.3 Å². The first-order valence-corrected chi connectivity index (χ1v) is 8.56. The molecule has 1 aliphatic rings. The van der Waals surface area contributed by atoms with E-state index >= 15 is 0 Å². The van der Waals surface area contributed by atoms with Crippen LogP contribution < -0.4 is 5.32 Å². The first-order valence-electron chi connectivity index (χ1n) is 8.56. The molecule has 0 unspecified atom stereocenters. The number of amides is 1. The summed E-state index contributed by atoms with van der Waals surface area (Å²) in [5.41, 5.74) is 2.78. The van der Waals surface area contributed by atoms with E-state index in [1.807, 2.05) is 43.5 Å². The summed E-state index contributed by atoms with van der Waals surface area (Å²) in [6, 6.07) is 8.98. The molecule has 1 aromatic carbocycles. The largest absolute Gasteiger partial charge is 0.391 e. The highest BCUT2D eigenvalue weighted by molar-refractivity contribution is 6.01. The van der Waals surface area contributed by atoms with Crippen molar-refractivity contribution >= 4 is 5.91 Å². The van der Waals surface area contributed by atoms with Gasteiger partial charge in [-0.3, -0.25) is 9.48 Å². The van der Waals surface area contributed by atoms with Crippen molar-refractivity contribution in [1.29, 1.82) is 0 Å². The van der Waals surface area contributed by atoms with Crippen LogP contribution in [0.2, 0.25) is 0 Å². The maximum atomic E-state index is 12.9. The molecule has 0 spiro atoms. The monoisotopic (exact) mass is 352 g/mol. The normalized spacial score (nSPS) is 22.0. The first kappa shape index (κ1) is 16.5. The van der Waals surface area contributed by atoms with E-state index in [1.54, 1.807) is 17.8 Å². The zero-order valence-electron chi connectivity index (χ0n) is 14.6. The number of nitrogens with zero attached hydrogens (tertiary/aromatic N) is 3. The van der Waals surface area contributed by atoms with Crippen LogP contribution in [-0.2, 0) is 0 Å². The van der Waals surface area contributed by atoms with E-state index in [1.165, 1.54) is 0 Å². The number of nitrogens with one attached hydrogen (secondary N) is 1. The van der Waals surface area contributed by atoms with Crippen LogP contribution in [0.3, 0.4) is 0 Å². The zero-order chi connectivity index (χ0) is 18.3. The summed E-state index contributed by atoms with van der Waals surface area (Å²) in [6.07, 6.45) is 3.56. The Hall–Kier alpha value is -2.93. The maximum absolute atomic E-state index is 12.9. The summed E-state index contributed by atoms with van der Waals surface area (Å²) >= 11 is 0. The fourth-order valence-corrected chi connectivity index (χ4v) is 3.39. The molecule has 4 rings (SSSR count). The summed E-state index contributed by atoms with van der Waals surface area (Å²) in [5.74, 6) is 0.209. The van der Waals surface area contributed by atoms with Gasteiger partial charge in [-0.25, -0.2) is 0 Å². The average Bonchev–Trinajstić information content (AvgIpc) is 3.20. The number of carbonyl (C=O) groups is 1. The molecular formula is C19H20N4O3. The van der Waals surface area contributed by atoms with Crippen LogP contribution in [0, 0.1) is 13.8 Å². The van der Waals surface area contributed by atoms with Gasteiger partial charge in [-0.2, -0.15) is 5.10 Å². The van der Waals surface area contributed by atoms with Crippen LogP contribution in [-0.4, -0.2) is 38.1 Å². The van der Waals surface area contributed by atoms with E-state index < -0.39 is 6.10 Å². The van der Waals surface area contributed by atoms with Crippen molar-refractivity contribution < 1.29 is 14.4 Å². The zero-order valence-corrected chi connectivity index (χ0v) is 14.6. The van der Waals surface area contributed by atoms with Gasteiger partial charge in [0.25, 0.3) is 5.91 Å². The quantitative estimate of drug-likeness (QED) is 0.751. The predicted molar refractivity (Wildman–Crippen MR) is 94.6 cm³/mol. The van der Waals surface area contributed by atoms with Crippen LogP contribution in [0.1, 0.15) is 34.1 Å². The van der Waals surface area contributed by atoms with Crippen LogP contribution in [0.5, 0.6) is 0 Å². The number of aromatic nitrogens is 3. The van der Waals surface area contributed by atoms with E-state index in [4.69, 9.17) is 4.52 Å². The van der Waals surface area contributed by atoms with E-state index in [2.05, 4.69) is 15.6 Å².